The van der Waals surface area contributed by atoms with Gasteiger partial charge >= 0.3 is 0 Å². The molecular formula is C18H32N2O. The van der Waals surface area contributed by atoms with Gasteiger partial charge in [0.2, 0.25) is 0 Å². The van der Waals surface area contributed by atoms with Crippen LogP contribution in [0.4, 0.5) is 0 Å². The van der Waals surface area contributed by atoms with Gasteiger partial charge in [0.15, 0.2) is 0 Å². The molecular weight excluding hydrogens is 260 g/mol. The first kappa shape index (κ1) is 16.6. The van der Waals surface area contributed by atoms with Crippen LogP contribution in [0.1, 0.15) is 63.5 Å². The van der Waals surface area contributed by atoms with E-state index >= 15 is 0 Å². The molecule has 1 heterocycles. The fourth-order valence-electron chi connectivity index (χ4n) is 3.29. The fraction of sp³-hybridized carbons (Fsp3) is 0.778. The molecule has 0 atom stereocenters. The van der Waals surface area contributed by atoms with Gasteiger partial charge in [0, 0.05) is 6.04 Å². The van der Waals surface area contributed by atoms with Crippen LogP contribution in [-0.2, 0) is 13.1 Å². The van der Waals surface area contributed by atoms with Gasteiger partial charge in [-0.1, -0.05) is 33.6 Å². The molecule has 0 aliphatic heterocycles. The van der Waals surface area contributed by atoms with Crippen molar-refractivity contribution in [3.8, 4) is 0 Å². The van der Waals surface area contributed by atoms with E-state index in [4.69, 9.17) is 4.42 Å². The Balaban J connectivity index is 1.90. The average molecular weight is 292 g/mol. The Hall–Kier alpha value is -0.800. The Morgan fingerprint density at radius 2 is 2.05 bits per heavy atom. The Kier molecular flexibility index (Phi) is 6.31. The van der Waals surface area contributed by atoms with Gasteiger partial charge < -0.3 is 9.73 Å². The van der Waals surface area contributed by atoms with E-state index in [1.807, 2.05) is 0 Å². The van der Waals surface area contributed by atoms with Crippen LogP contribution < -0.4 is 5.32 Å². The highest BCUT2D eigenvalue weighted by atomic mass is 16.3. The van der Waals surface area contributed by atoms with E-state index in [9.17, 15) is 0 Å². The van der Waals surface area contributed by atoms with E-state index in [1.165, 1.54) is 31.2 Å². The third-order valence-corrected chi connectivity index (χ3v) is 4.52. The third-order valence-electron chi connectivity index (χ3n) is 4.52. The normalized spacial score (nSPS) is 16.5. The summed E-state index contributed by atoms with van der Waals surface area (Å²) in [7, 11) is 0. The average Bonchev–Trinajstić information content (AvgIpc) is 3.06. The highest BCUT2D eigenvalue weighted by molar-refractivity contribution is 5.20. The predicted molar refractivity (Wildman–Crippen MR) is 88.3 cm³/mol. The highest BCUT2D eigenvalue weighted by Crippen LogP contribution is 2.25. The topological polar surface area (TPSA) is 28.4 Å². The smallest absolute Gasteiger partial charge is 0.120 e. The number of nitrogens with one attached hydrogen (secondary N) is 1. The lowest BCUT2D eigenvalue weighted by Crippen LogP contribution is -2.32. The highest BCUT2D eigenvalue weighted by Gasteiger charge is 2.22. The summed E-state index contributed by atoms with van der Waals surface area (Å²) in [6, 6.07) is 2.99. The van der Waals surface area contributed by atoms with Crippen LogP contribution in [0.2, 0.25) is 0 Å². The first-order chi connectivity index (χ1) is 10.1. The van der Waals surface area contributed by atoms with Gasteiger partial charge in [-0.25, -0.2) is 0 Å². The molecule has 1 fully saturated rings. The number of aryl methyl sites for hydroxylation is 1. The maximum Gasteiger partial charge on any atom is 0.120 e. The van der Waals surface area contributed by atoms with Crippen LogP contribution in [0.15, 0.2) is 10.5 Å². The molecule has 0 amide bonds. The minimum atomic E-state index is 0.678. The minimum Gasteiger partial charge on any atom is -0.463 e. The molecule has 1 aliphatic rings. The molecule has 1 saturated carbocycles. The number of nitrogens with zero attached hydrogens (tertiary/aromatic N) is 1. The monoisotopic (exact) mass is 292 g/mol. The van der Waals surface area contributed by atoms with Crippen molar-refractivity contribution in [1.82, 2.24) is 10.2 Å². The molecule has 0 bridgehead atoms. The second kappa shape index (κ2) is 8.00. The quantitative estimate of drug-likeness (QED) is 0.782. The number of furan rings is 1. The van der Waals surface area contributed by atoms with Crippen molar-refractivity contribution >= 4 is 0 Å². The summed E-state index contributed by atoms with van der Waals surface area (Å²) in [4.78, 5) is 2.58. The van der Waals surface area contributed by atoms with Crippen molar-refractivity contribution in [3.05, 3.63) is 23.2 Å². The Morgan fingerprint density at radius 3 is 2.67 bits per heavy atom. The molecule has 3 nitrogen and oxygen atoms in total. The Bertz CT molecular complexity index is 419. The van der Waals surface area contributed by atoms with Crippen molar-refractivity contribution in [1.29, 1.82) is 0 Å². The summed E-state index contributed by atoms with van der Waals surface area (Å²) < 4.78 is 6.08. The summed E-state index contributed by atoms with van der Waals surface area (Å²) in [6.07, 6.45) is 5.50. The molecule has 21 heavy (non-hydrogen) atoms. The van der Waals surface area contributed by atoms with E-state index < -0.39 is 0 Å². The van der Waals surface area contributed by atoms with E-state index in [0.29, 0.717) is 5.92 Å². The Morgan fingerprint density at radius 1 is 1.33 bits per heavy atom. The molecule has 0 unspecified atom stereocenters. The molecule has 2 rings (SSSR count). The zero-order valence-corrected chi connectivity index (χ0v) is 14.2. The maximum absolute atomic E-state index is 6.08. The largest absolute Gasteiger partial charge is 0.463 e. The van der Waals surface area contributed by atoms with E-state index in [0.717, 1.165) is 43.7 Å². The van der Waals surface area contributed by atoms with Crippen LogP contribution in [0.3, 0.4) is 0 Å². The number of hydrogen-bond donors (Lipinski definition) is 1. The fourth-order valence-corrected chi connectivity index (χ4v) is 3.29. The molecule has 1 N–H and O–H groups in total. The standard InChI is InChI=1S/C18H32N2O/c1-5-20(16-8-6-7-9-16)13-17-10-15(4)18(21-17)12-19-11-14(2)3/h10,14,16,19H,5-9,11-13H2,1-4H3. The number of hydrogen-bond acceptors (Lipinski definition) is 3. The second-order valence-corrected chi connectivity index (χ2v) is 6.85. The van der Waals surface area contributed by atoms with Crippen LogP contribution in [0, 0.1) is 12.8 Å². The van der Waals surface area contributed by atoms with Gasteiger partial charge in [0.25, 0.3) is 0 Å². The van der Waals surface area contributed by atoms with Crippen LogP contribution in [0.25, 0.3) is 0 Å². The van der Waals surface area contributed by atoms with Crippen molar-refractivity contribution in [3.63, 3.8) is 0 Å². The SMILES string of the molecule is CCN(Cc1cc(C)c(CNCC(C)C)o1)C1CCCC1. The number of rotatable bonds is 8. The minimum absolute atomic E-state index is 0.678. The van der Waals surface area contributed by atoms with Crippen LogP contribution in [0.5, 0.6) is 0 Å². The van der Waals surface area contributed by atoms with E-state index in [1.54, 1.807) is 0 Å². The van der Waals surface area contributed by atoms with Crippen LogP contribution >= 0.6 is 0 Å². The summed E-state index contributed by atoms with van der Waals surface area (Å²) in [5.74, 6) is 2.91. The molecule has 0 radical (unpaired) electrons. The zero-order chi connectivity index (χ0) is 15.2. The molecule has 1 aromatic heterocycles. The lowest BCUT2D eigenvalue weighted by molar-refractivity contribution is 0.184. The van der Waals surface area contributed by atoms with E-state index in [-0.39, 0.29) is 0 Å². The summed E-state index contributed by atoms with van der Waals surface area (Å²) in [5.41, 5.74) is 1.28. The van der Waals surface area contributed by atoms with E-state index in [2.05, 4.69) is 44.0 Å². The van der Waals surface area contributed by atoms with Crippen molar-refractivity contribution in [2.24, 2.45) is 5.92 Å². The van der Waals surface area contributed by atoms with Crippen molar-refractivity contribution < 1.29 is 4.42 Å². The van der Waals surface area contributed by atoms with Crippen molar-refractivity contribution in [2.45, 2.75) is 72.5 Å². The Labute approximate surface area is 130 Å². The summed E-state index contributed by atoms with van der Waals surface area (Å²) >= 11 is 0. The van der Waals surface area contributed by atoms with Crippen LogP contribution in [-0.4, -0.2) is 24.0 Å². The van der Waals surface area contributed by atoms with Gasteiger partial charge in [0.05, 0.1) is 13.1 Å². The lowest BCUT2D eigenvalue weighted by atomic mass is 10.2. The maximum atomic E-state index is 6.08. The first-order valence-corrected chi connectivity index (χ1v) is 8.63. The first-order valence-electron chi connectivity index (χ1n) is 8.63. The van der Waals surface area contributed by atoms with Gasteiger partial charge in [-0.05, 0) is 50.4 Å². The van der Waals surface area contributed by atoms with Gasteiger partial charge in [0.1, 0.15) is 11.5 Å². The lowest BCUT2D eigenvalue weighted by Gasteiger charge is -2.26. The molecule has 0 spiro atoms. The summed E-state index contributed by atoms with van der Waals surface area (Å²) in [6.45, 7) is 12.8. The van der Waals surface area contributed by atoms with Gasteiger partial charge in [-0.2, -0.15) is 0 Å². The van der Waals surface area contributed by atoms with Crippen molar-refractivity contribution in [2.75, 3.05) is 13.1 Å². The van der Waals surface area contributed by atoms with Gasteiger partial charge in [-0.15, -0.1) is 0 Å². The second-order valence-electron chi connectivity index (χ2n) is 6.85. The molecule has 3 heteroatoms. The summed E-state index contributed by atoms with van der Waals surface area (Å²) in [5, 5.41) is 3.47. The zero-order valence-electron chi connectivity index (χ0n) is 14.2. The molecule has 0 saturated heterocycles. The molecule has 120 valence electrons. The predicted octanol–water partition coefficient (Wildman–Crippen LogP) is 4.10. The third kappa shape index (κ3) is 4.86. The molecule has 1 aromatic rings. The van der Waals surface area contributed by atoms with Gasteiger partial charge in [-0.3, -0.25) is 4.90 Å². The molecule has 0 aromatic carbocycles. The molecule has 1 aliphatic carbocycles.